The van der Waals surface area contributed by atoms with Crippen LogP contribution in [0.1, 0.15) is 5.56 Å². The number of hydrogen-bond acceptors (Lipinski definition) is 13. The van der Waals surface area contributed by atoms with Crippen LogP contribution >= 0.6 is 0 Å². The zero-order valence-electron chi connectivity index (χ0n) is 23.5. The van der Waals surface area contributed by atoms with Crippen LogP contribution in [0, 0.1) is 17.0 Å². The molecule has 0 spiro atoms. The van der Waals surface area contributed by atoms with Crippen molar-refractivity contribution in [1.29, 1.82) is 0 Å². The number of nitro groups is 1. The number of benzene rings is 4. The van der Waals surface area contributed by atoms with Gasteiger partial charge in [-0.2, -0.15) is 27.1 Å². The van der Waals surface area contributed by atoms with Gasteiger partial charge in [0.1, 0.15) is 26.9 Å². The number of nitrogen functional groups attached to an aromatic ring is 1. The number of phenolic OH excluding ortho intramolecular Hbond substituents is 1. The van der Waals surface area contributed by atoms with Gasteiger partial charge in [0, 0.05) is 82.7 Å². The van der Waals surface area contributed by atoms with E-state index in [1.807, 2.05) is 0 Å². The minimum Gasteiger partial charge on any atom is -0.505 e. The number of methoxy groups -OCH3 is 1. The molecule has 20 heteroatoms. The summed E-state index contributed by atoms with van der Waals surface area (Å²) in [4.78, 5) is 8.62. The van der Waals surface area contributed by atoms with Crippen molar-refractivity contribution in [2.24, 2.45) is 20.5 Å². The summed E-state index contributed by atoms with van der Waals surface area (Å²) in [5.41, 5.74) is 5.71. The third-order valence-corrected chi connectivity index (χ3v) is 7.60. The molecule has 0 unspecified atom stereocenters. The molecule has 0 aromatic heterocycles. The second-order valence-corrected chi connectivity index (χ2v) is 11.4. The monoisotopic (exact) mass is 662 g/mol. The van der Waals surface area contributed by atoms with E-state index < -0.39 is 52.1 Å². The molecule has 44 heavy (non-hydrogen) atoms. The van der Waals surface area contributed by atoms with E-state index in [-0.39, 0.29) is 87.0 Å². The van der Waals surface area contributed by atoms with E-state index in [1.54, 1.807) is 6.92 Å². The van der Waals surface area contributed by atoms with Crippen molar-refractivity contribution in [2.75, 3.05) is 12.8 Å². The summed E-state index contributed by atoms with van der Waals surface area (Å²) < 4.78 is 72.0. The molecule has 0 aliphatic rings. The van der Waals surface area contributed by atoms with Gasteiger partial charge < -0.3 is 15.6 Å². The number of hydrogen-bond donors (Lipinski definition) is 4. The van der Waals surface area contributed by atoms with Crippen molar-refractivity contribution >= 4 is 124 Å². The fourth-order valence-electron chi connectivity index (χ4n) is 3.78. The molecule has 4 rings (SSSR count). The van der Waals surface area contributed by atoms with E-state index in [0.717, 1.165) is 18.2 Å². The smallest absolute Gasteiger partial charge is 0.296 e. The fraction of sp³-hybridized carbons (Fsp3) is 0.0833. The summed E-state index contributed by atoms with van der Waals surface area (Å²) in [5.74, 6) is -0.695. The van der Waals surface area contributed by atoms with Crippen molar-refractivity contribution < 1.29 is 40.7 Å². The second-order valence-electron chi connectivity index (χ2n) is 8.62. The Bertz CT molecular complexity index is 2040. The molecule has 4 aromatic rings. The summed E-state index contributed by atoms with van der Waals surface area (Å²) >= 11 is 0. The van der Waals surface area contributed by atoms with Crippen LogP contribution in [0.15, 0.2) is 84.8 Å². The van der Waals surface area contributed by atoms with E-state index in [9.17, 15) is 41.2 Å². The van der Waals surface area contributed by atoms with Gasteiger partial charge in [0.15, 0.2) is 5.75 Å². The van der Waals surface area contributed by atoms with E-state index in [2.05, 4.69) is 20.5 Å². The van der Waals surface area contributed by atoms with Gasteiger partial charge in [-0.25, -0.2) is 0 Å². The molecule has 0 heterocycles. The first-order chi connectivity index (χ1) is 19.6. The molecule has 0 bridgehead atoms. The molecule has 2 radical (unpaired) electrons. The molecule has 16 nitrogen and oxygen atoms in total. The number of fused-ring (bicyclic) bond motifs is 1. The number of aromatic hydroxyl groups is 1. The molecule has 0 aliphatic heterocycles. The van der Waals surface area contributed by atoms with E-state index in [4.69, 9.17) is 10.5 Å². The van der Waals surface area contributed by atoms with Crippen LogP contribution in [0.5, 0.6) is 11.5 Å². The van der Waals surface area contributed by atoms with Gasteiger partial charge in [-0.15, -0.1) is 10.2 Å². The summed E-state index contributed by atoms with van der Waals surface area (Å²) in [5, 5.41) is 37.3. The molecule has 0 saturated carbocycles. The van der Waals surface area contributed by atoms with Crippen LogP contribution in [-0.4, -0.2) is 102 Å². The predicted molar refractivity (Wildman–Crippen MR) is 160 cm³/mol. The topological polar surface area (TPSA) is 257 Å². The number of phenols is 1. The van der Waals surface area contributed by atoms with Gasteiger partial charge in [0.2, 0.25) is 0 Å². The number of aryl methyl sites for hydroxylation is 1. The number of nitrogens with zero attached hydrogens (tertiary/aromatic N) is 5. The molecule has 5 N–H and O–H groups in total. The number of anilines is 1. The number of non-ortho nitro benzene ring substituents is 1. The van der Waals surface area contributed by atoms with Crippen LogP contribution in [0.2, 0.25) is 0 Å². The Balaban J connectivity index is 0.00000337. The number of rotatable bonds is 8. The van der Waals surface area contributed by atoms with Gasteiger partial charge in [0.25, 0.3) is 25.9 Å². The van der Waals surface area contributed by atoms with Crippen LogP contribution in [0.3, 0.4) is 0 Å². The first-order valence-electron chi connectivity index (χ1n) is 11.4. The molecule has 0 saturated heterocycles. The van der Waals surface area contributed by atoms with Gasteiger partial charge in [-0.1, -0.05) is 0 Å². The van der Waals surface area contributed by atoms with E-state index >= 15 is 0 Å². The average Bonchev–Trinajstić information content (AvgIpc) is 2.91. The molecular formula is C24H20N6Na2O10S2. The van der Waals surface area contributed by atoms with Crippen LogP contribution < -0.4 is 10.5 Å². The molecule has 0 aliphatic carbocycles. The molecule has 0 fully saturated rings. The standard InChI is InChI=1S/C24H20N6O10S2.2Na/c1-12-7-19(20(40-2)11-18(12)27-26-14-3-5-15(6-4-14)30(32)33)28-29-23-22(42(37,38)39)9-13-8-21(41(34,35)36)17(25)10-16(13)24(23)31;;/h3-11,31H,25H2,1-2H3,(H,34,35,36)(H,37,38,39);;. The maximum Gasteiger partial charge on any atom is 0.296 e. The zero-order chi connectivity index (χ0) is 31.0. The van der Waals surface area contributed by atoms with Gasteiger partial charge in [-0.05, 0) is 54.3 Å². The summed E-state index contributed by atoms with van der Waals surface area (Å²) in [6.45, 7) is 1.65. The van der Waals surface area contributed by atoms with Gasteiger partial charge in [-0.3, -0.25) is 19.2 Å². The number of ether oxygens (including phenoxy) is 1. The van der Waals surface area contributed by atoms with Crippen molar-refractivity contribution in [3.63, 3.8) is 0 Å². The van der Waals surface area contributed by atoms with Crippen molar-refractivity contribution in [2.45, 2.75) is 16.7 Å². The zero-order valence-corrected chi connectivity index (χ0v) is 29.2. The first-order valence-corrected chi connectivity index (χ1v) is 14.3. The molecule has 220 valence electrons. The summed E-state index contributed by atoms with van der Waals surface area (Å²) in [6, 6.07) is 10.9. The first kappa shape index (κ1) is 37.1. The maximum absolute atomic E-state index is 12.1. The fourth-order valence-corrected chi connectivity index (χ4v) is 5.07. The third-order valence-electron chi connectivity index (χ3n) is 5.83. The van der Waals surface area contributed by atoms with Crippen molar-refractivity contribution in [1.82, 2.24) is 0 Å². The van der Waals surface area contributed by atoms with Crippen LogP contribution in [-0.2, 0) is 20.2 Å². The van der Waals surface area contributed by atoms with Crippen LogP contribution in [0.25, 0.3) is 10.8 Å². The predicted octanol–water partition coefficient (Wildman–Crippen LogP) is 4.92. The second kappa shape index (κ2) is 14.4. The van der Waals surface area contributed by atoms with Crippen molar-refractivity contribution in [3.8, 4) is 11.5 Å². The number of azo groups is 2. The average molecular weight is 663 g/mol. The maximum atomic E-state index is 12.1. The normalized spacial score (nSPS) is 11.8. The quantitative estimate of drug-likeness (QED) is 0.0492. The van der Waals surface area contributed by atoms with Crippen LogP contribution in [0.4, 0.5) is 34.1 Å². The molecule has 0 atom stereocenters. The Kier molecular flexibility index (Phi) is 12.1. The minimum absolute atomic E-state index is 0. The molecule has 4 aromatic carbocycles. The van der Waals surface area contributed by atoms with Crippen molar-refractivity contribution in [3.05, 3.63) is 70.3 Å². The summed E-state index contributed by atoms with van der Waals surface area (Å²) in [6.07, 6.45) is 0. The largest absolute Gasteiger partial charge is 0.505 e. The Labute approximate surface area is 294 Å². The molecule has 0 amide bonds. The SMILES string of the molecule is COc1cc(N=Nc2ccc([N+](=O)[O-])cc2)c(C)cc1N=Nc1c(S(=O)(=O)O)cc2cc(S(=O)(=O)O)c(N)cc2c1O.[Na].[Na]. The summed E-state index contributed by atoms with van der Waals surface area (Å²) in [7, 11) is -8.52. The molecular weight excluding hydrogens is 642 g/mol. The Morgan fingerprint density at radius 3 is 1.95 bits per heavy atom. The van der Waals surface area contributed by atoms with E-state index in [0.29, 0.717) is 16.9 Å². The Morgan fingerprint density at radius 1 is 0.841 bits per heavy atom. The third kappa shape index (κ3) is 8.16. The van der Waals surface area contributed by atoms with Gasteiger partial charge in [0.05, 0.1) is 29.1 Å². The number of nitrogens with two attached hydrogens (primary N) is 1. The minimum atomic E-state index is -5.04. The van der Waals surface area contributed by atoms with E-state index in [1.165, 1.54) is 43.5 Å². The Morgan fingerprint density at radius 2 is 1.41 bits per heavy atom. The van der Waals surface area contributed by atoms with Gasteiger partial charge >= 0.3 is 0 Å². The number of nitro benzene ring substituents is 1. The Hall–Kier alpha value is -3.04.